The molecule has 0 atom stereocenters. The molecule has 0 unspecified atom stereocenters. The number of aromatic nitrogens is 1. The van der Waals surface area contributed by atoms with Crippen LogP contribution in [-0.2, 0) is 0 Å². The monoisotopic (exact) mass is 503 g/mol. The summed E-state index contributed by atoms with van der Waals surface area (Å²) in [6, 6.07) is 6.33. The summed E-state index contributed by atoms with van der Waals surface area (Å²) in [6.07, 6.45) is 0. The number of carbonyl (C=O) groups excluding carboxylic acids is 1. The second-order valence-corrected chi connectivity index (χ2v) is 8.36. The molecule has 0 aliphatic carbocycles. The van der Waals surface area contributed by atoms with E-state index in [0.29, 0.717) is 33.4 Å². The number of carbonyl (C=O) groups is 1. The Kier molecular flexibility index (Phi) is 8.14. The molecule has 0 aliphatic rings. The third-order valence-corrected chi connectivity index (χ3v) is 6.57. The molecule has 2 aromatic carbocycles. The first-order valence-electron chi connectivity index (χ1n) is 10.7. The molecule has 1 heterocycles. The number of nitro benzene ring substituents is 2. The van der Waals surface area contributed by atoms with Crippen molar-refractivity contribution in [3.8, 4) is 11.5 Å². The van der Waals surface area contributed by atoms with Crippen molar-refractivity contribution in [2.75, 3.05) is 45.3 Å². The van der Waals surface area contributed by atoms with E-state index in [-0.39, 0.29) is 12.1 Å². The van der Waals surface area contributed by atoms with Crippen molar-refractivity contribution >= 4 is 44.0 Å². The summed E-state index contributed by atoms with van der Waals surface area (Å²) in [4.78, 5) is 42.9. The summed E-state index contributed by atoms with van der Waals surface area (Å²) in [7, 11) is 3.03. The van der Waals surface area contributed by atoms with Crippen molar-refractivity contribution in [2.24, 2.45) is 0 Å². The van der Waals surface area contributed by atoms with Crippen LogP contribution in [0, 0.1) is 20.2 Å². The fraction of sp³-hybridized carbons (Fsp3) is 0.364. The highest BCUT2D eigenvalue weighted by Gasteiger charge is 2.27. The van der Waals surface area contributed by atoms with Crippen molar-refractivity contribution in [3.63, 3.8) is 0 Å². The zero-order chi connectivity index (χ0) is 25.7. The minimum Gasteiger partial charge on any atom is -0.495 e. The number of rotatable bonds is 11. The Morgan fingerprint density at radius 1 is 0.971 bits per heavy atom. The van der Waals surface area contributed by atoms with Gasteiger partial charge in [-0.2, -0.15) is 0 Å². The number of amides is 1. The predicted octanol–water partition coefficient (Wildman–Crippen LogP) is 4.12. The minimum atomic E-state index is -0.766. The van der Waals surface area contributed by atoms with Crippen LogP contribution in [0.4, 0.5) is 16.5 Å². The summed E-state index contributed by atoms with van der Waals surface area (Å²) in [5.41, 5.74) is -0.765. The summed E-state index contributed by atoms with van der Waals surface area (Å²) < 4.78 is 11.5. The quantitative estimate of drug-likeness (QED) is 0.279. The molecule has 3 aromatic rings. The van der Waals surface area contributed by atoms with Gasteiger partial charge >= 0.3 is 0 Å². The molecule has 0 N–H and O–H groups in total. The highest BCUT2D eigenvalue weighted by molar-refractivity contribution is 7.22. The number of thiazole rings is 1. The molecule has 3 rings (SSSR count). The second kappa shape index (κ2) is 11.1. The third kappa shape index (κ3) is 5.46. The number of ether oxygens (including phenoxy) is 2. The number of nitro groups is 2. The Labute approximate surface area is 205 Å². The second-order valence-electron chi connectivity index (χ2n) is 7.38. The molecule has 0 fully saturated rings. The van der Waals surface area contributed by atoms with E-state index in [1.807, 2.05) is 13.8 Å². The number of non-ortho nitro benzene ring substituents is 2. The van der Waals surface area contributed by atoms with Crippen LogP contribution in [0.2, 0.25) is 0 Å². The van der Waals surface area contributed by atoms with Crippen molar-refractivity contribution < 1.29 is 24.1 Å². The number of anilines is 1. The average molecular weight is 504 g/mol. The Morgan fingerprint density at radius 2 is 1.54 bits per heavy atom. The molecule has 12 nitrogen and oxygen atoms in total. The number of likely N-dealkylation sites (N-methyl/N-ethyl adjacent to an activating group) is 1. The molecular formula is C22H25N5O7S. The normalized spacial score (nSPS) is 11.0. The van der Waals surface area contributed by atoms with Crippen LogP contribution in [0.15, 0.2) is 30.3 Å². The molecule has 0 saturated heterocycles. The largest absolute Gasteiger partial charge is 0.495 e. The Hall–Kier alpha value is -3.84. The molecule has 1 amide bonds. The van der Waals surface area contributed by atoms with Crippen LogP contribution < -0.4 is 14.4 Å². The molecule has 35 heavy (non-hydrogen) atoms. The van der Waals surface area contributed by atoms with Gasteiger partial charge in [0.2, 0.25) is 0 Å². The standard InChI is InChI=1S/C22H25N5O7S/c1-5-24(6-2)9-10-25(21(28)14-11-15(26(29)30)13-16(12-14)27(31)32)22-23-19-17(33-3)7-8-18(34-4)20(19)35-22/h7-8,11-13H,5-6,9-10H2,1-4H3. The van der Waals surface area contributed by atoms with E-state index in [0.717, 1.165) is 31.3 Å². The summed E-state index contributed by atoms with van der Waals surface area (Å²) in [5, 5.41) is 23.0. The number of methoxy groups -OCH3 is 2. The van der Waals surface area contributed by atoms with E-state index >= 15 is 0 Å². The highest BCUT2D eigenvalue weighted by Crippen LogP contribution is 2.40. The zero-order valence-corrected chi connectivity index (χ0v) is 20.5. The number of benzene rings is 2. The van der Waals surface area contributed by atoms with E-state index in [1.165, 1.54) is 30.5 Å². The van der Waals surface area contributed by atoms with Gasteiger partial charge in [0.25, 0.3) is 17.3 Å². The van der Waals surface area contributed by atoms with Crippen molar-refractivity contribution in [3.05, 3.63) is 56.1 Å². The van der Waals surface area contributed by atoms with Gasteiger partial charge in [-0.15, -0.1) is 0 Å². The lowest BCUT2D eigenvalue weighted by molar-refractivity contribution is -0.394. The SMILES string of the molecule is CCN(CC)CCN(C(=O)c1cc([N+](=O)[O-])cc([N+](=O)[O-])c1)c1nc2c(OC)ccc(OC)c2s1. The molecule has 0 bridgehead atoms. The summed E-state index contributed by atoms with van der Waals surface area (Å²) in [6.45, 7) is 6.20. The number of nitrogens with zero attached hydrogens (tertiary/aromatic N) is 5. The topological polar surface area (TPSA) is 141 Å². The van der Waals surface area contributed by atoms with Crippen LogP contribution in [0.25, 0.3) is 10.2 Å². The maximum absolute atomic E-state index is 13.6. The highest BCUT2D eigenvalue weighted by atomic mass is 32.1. The molecule has 0 saturated carbocycles. The lowest BCUT2D eigenvalue weighted by Crippen LogP contribution is -2.39. The average Bonchev–Trinajstić information content (AvgIpc) is 3.30. The van der Waals surface area contributed by atoms with E-state index < -0.39 is 27.1 Å². The van der Waals surface area contributed by atoms with Crippen LogP contribution in [0.3, 0.4) is 0 Å². The van der Waals surface area contributed by atoms with E-state index in [4.69, 9.17) is 9.47 Å². The van der Waals surface area contributed by atoms with E-state index in [9.17, 15) is 25.0 Å². The van der Waals surface area contributed by atoms with Gasteiger partial charge in [-0.05, 0) is 25.2 Å². The van der Waals surface area contributed by atoms with Crippen molar-refractivity contribution in [1.29, 1.82) is 0 Å². The first-order chi connectivity index (χ1) is 16.7. The minimum absolute atomic E-state index is 0.177. The smallest absolute Gasteiger partial charge is 0.277 e. The number of fused-ring (bicyclic) bond motifs is 1. The van der Waals surface area contributed by atoms with Crippen LogP contribution in [0.5, 0.6) is 11.5 Å². The molecule has 13 heteroatoms. The van der Waals surface area contributed by atoms with Gasteiger partial charge in [-0.25, -0.2) is 4.98 Å². The summed E-state index contributed by atoms with van der Waals surface area (Å²) >= 11 is 1.20. The maximum atomic E-state index is 13.6. The van der Waals surface area contributed by atoms with Crippen LogP contribution in [-0.4, -0.2) is 66.0 Å². The van der Waals surface area contributed by atoms with Crippen molar-refractivity contribution in [2.45, 2.75) is 13.8 Å². The Balaban J connectivity index is 2.15. The van der Waals surface area contributed by atoms with E-state index in [2.05, 4.69) is 9.88 Å². The lowest BCUT2D eigenvalue weighted by atomic mass is 10.1. The first kappa shape index (κ1) is 25.8. The van der Waals surface area contributed by atoms with Gasteiger partial charge in [0, 0.05) is 25.2 Å². The molecule has 0 spiro atoms. The van der Waals surface area contributed by atoms with Gasteiger partial charge in [-0.3, -0.25) is 29.9 Å². The molecular weight excluding hydrogens is 478 g/mol. The number of hydrogen-bond acceptors (Lipinski definition) is 10. The number of hydrogen-bond donors (Lipinski definition) is 0. The molecule has 0 aliphatic heterocycles. The Morgan fingerprint density at radius 3 is 2.06 bits per heavy atom. The maximum Gasteiger partial charge on any atom is 0.277 e. The van der Waals surface area contributed by atoms with Gasteiger partial charge in [0.1, 0.15) is 21.7 Å². The van der Waals surface area contributed by atoms with Gasteiger partial charge in [-0.1, -0.05) is 25.2 Å². The zero-order valence-electron chi connectivity index (χ0n) is 19.7. The molecule has 186 valence electrons. The van der Waals surface area contributed by atoms with Gasteiger partial charge in [0.05, 0.1) is 35.7 Å². The van der Waals surface area contributed by atoms with Crippen LogP contribution >= 0.6 is 11.3 Å². The third-order valence-electron chi connectivity index (χ3n) is 5.48. The Bertz CT molecular complexity index is 1190. The van der Waals surface area contributed by atoms with Gasteiger partial charge in [0.15, 0.2) is 5.13 Å². The summed E-state index contributed by atoms with van der Waals surface area (Å²) in [5.74, 6) is 0.401. The molecule has 0 radical (unpaired) electrons. The first-order valence-corrected chi connectivity index (χ1v) is 11.5. The lowest BCUT2D eigenvalue weighted by Gasteiger charge is -2.24. The van der Waals surface area contributed by atoms with Crippen LogP contribution in [0.1, 0.15) is 24.2 Å². The van der Waals surface area contributed by atoms with Gasteiger partial charge < -0.3 is 14.4 Å². The van der Waals surface area contributed by atoms with E-state index in [1.54, 1.807) is 12.1 Å². The van der Waals surface area contributed by atoms with Crippen molar-refractivity contribution in [1.82, 2.24) is 9.88 Å². The fourth-order valence-corrected chi connectivity index (χ4v) is 4.64. The fourth-order valence-electron chi connectivity index (χ4n) is 3.54. The predicted molar refractivity (Wildman–Crippen MR) is 132 cm³/mol. The molecule has 1 aromatic heterocycles.